The molecule has 1 N–H and O–H groups in total. The van der Waals surface area contributed by atoms with Crippen molar-refractivity contribution >= 4 is 27.3 Å². The van der Waals surface area contributed by atoms with Crippen LogP contribution in [-0.4, -0.2) is 13.2 Å². The Bertz CT molecular complexity index is 583. The van der Waals surface area contributed by atoms with Crippen LogP contribution < -0.4 is 14.8 Å². The van der Waals surface area contributed by atoms with Crippen LogP contribution in [0.5, 0.6) is 11.5 Å². The van der Waals surface area contributed by atoms with Crippen molar-refractivity contribution < 1.29 is 9.47 Å². The second-order valence-corrected chi connectivity index (χ2v) is 6.82. The maximum Gasteiger partial charge on any atom is 0.166 e. The molecule has 114 valence electrons. The fraction of sp³-hybridized carbons (Fsp3) is 0.375. The van der Waals surface area contributed by atoms with Crippen molar-refractivity contribution in [2.45, 2.75) is 33.0 Å². The Morgan fingerprint density at radius 3 is 2.71 bits per heavy atom. The average molecular weight is 370 g/mol. The molecule has 0 atom stereocenters. The highest BCUT2D eigenvalue weighted by molar-refractivity contribution is 9.10. The zero-order valence-corrected chi connectivity index (χ0v) is 14.9. The summed E-state index contributed by atoms with van der Waals surface area (Å²) in [6, 6.07) is 8.45. The topological polar surface area (TPSA) is 30.5 Å². The Hall–Kier alpha value is -1.04. The number of methoxy groups -OCH3 is 1. The third kappa shape index (κ3) is 4.46. The first-order valence-corrected chi connectivity index (χ1v) is 8.53. The predicted octanol–water partition coefficient (Wildman–Crippen LogP) is 4.60. The van der Waals surface area contributed by atoms with Gasteiger partial charge in [-0.15, -0.1) is 11.3 Å². The summed E-state index contributed by atoms with van der Waals surface area (Å²) in [4.78, 5) is 1.17. The highest BCUT2D eigenvalue weighted by atomic mass is 79.9. The van der Waals surface area contributed by atoms with E-state index in [1.54, 1.807) is 18.4 Å². The summed E-state index contributed by atoms with van der Waals surface area (Å²) in [5.74, 6) is 1.58. The van der Waals surface area contributed by atoms with Gasteiger partial charge in [0, 0.05) is 22.6 Å². The Labute approximate surface area is 138 Å². The number of benzene rings is 1. The van der Waals surface area contributed by atoms with Gasteiger partial charge < -0.3 is 14.8 Å². The van der Waals surface area contributed by atoms with Crippen LogP contribution in [0.4, 0.5) is 0 Å². The van der Waals surface area contributed by atoms with Gasteiger partial charge in [0.2, 0.25) is 0 Å². The first-order valence-electron chi connectivity index (χ1n) is 6.85. The lowest BCUT2D eigenvalue weighted by Crippen LogP contribution is -2.22. The molecule has 0 unspecified atom stereocenters. The number of rotatable bonds is 7. The number of halogens is 1. The van der Waals surface area contributed by atoms with Gasteiger partial charge in [-0.25, -0.2) is 0 Å². The van der Waals surface area contributed by atoms with Gasteiger partial charge >= 0.3 is 0 Å². The smallest absolute Gasteiger partial charge is 0.166 e. The normalized spacial score (nSPS) is 10.9. The number of thiophene rings is 1. The lowest BCUT2D eigenvalue weighted by atomic mass is 10.1. The van der Waals surface area contributed by atoms with E-state index in [1.165, 1.54) is 4.88 Å². The molecule has 2 aromatic rings. The zero-order chi connectivity index (χ0) is 15.2. The Morgan fingerprint density at radius 1 is 1.29 bits per heavy atom. The molecule has 0 radical (unpaired) electrons. The second-order valence-electron chi connectivity index (χ2n) is 4.96. The number of hydrogen-bond acceptors (Lipinski definition) is 4. The highest BCUT2D eigenvalue weighted by Crippen LogP contribution is 2.33. The van der Waals surface area contributed by atoms with E-state index < -0.39 is 0 Å². The molecule has 1 aromatic heterocycles. The summed E-state index contributed by atoms with van der Waals surface area (Å²) in [7, 11) is 1.67. The van der Waals surface area contributed by atoms with Gasteiger partial charge in [-0.05, 0) is 33.4 Å². The van der Waals surface area contributed by atoms with Gasteiger partial charge in [0.1, 0.15) is 6.61 Å². The minimum Gasteiger partial charge on any atom is -0.493 e. The van der Waals surface area contributed by atoms with Gasteiger partial charge in [-0.2, -0.15) is 0 Å². The third-order valence-electron chi connectivity index (χ3n) is 3.02. The van der Waals surface area contributed by atoms with Crippen LogP contribution in [-0.2, 0) is 13.2 Å². The number of ether oxygens (including phenoxy) is 2. The molecule has 0 saturated heterocycles. The predicted molar refractivity (Wildman–Crippen MR) is 91.3 cm³/mol. The van der Waals surface area contributed by atoms with E-state index in [9.17, 15) is 0 Å². The van der Waals surface area contributed by atoms with E-state index in [4.69, 9.17) is 9.47 Å². The van der Waals surface area contributed by atoms with E-state index >= 15 is 0 Å². The summed E-state index contributed by atoms with van der Waals surface area (Å²) < 4.78 is 12.6. The molecule has 0 saturated carbocycles. The molecule has 0 aliphatic carbocycles. The summed E-state index contributed by atoms with van der Waals surface area (Å²) >= 11 is 5.21. The highest BCUT2D eigenvalue weighted by Gasteiger charge is 2.12. The molecule has 1 heterocycles. The van der Waals surface area contributed by atoms with Crippen molar-refractivity contribution in [2.24, 2.45) is 0 Å². The summed E-state index contributed by atoms with van der Waals surface area (Å²) in [6.45, 7) is 5.55. The molecule has 5 heteroatoms. The lowest BCUT2D eigenvalue weighted by molar-refractivity contribution is 0.282. The molecular formula is C16H20BrNO2S. The van der Waals surface area contributed by atoms with Crippen LogP contribution in [0.15, 0.2) is 34.1 Å². The first-order chi connectivity index (χ1) is 10.1. The van der Waals surface area contributed by atoms with Crippen LogP contribution in [0, 0.1) is 0 Å². The van der Waals surface area contributed by atoms with Crippen LogP contribution in [0.25, 0.3) is 0 Å². The summed E-state index contributed by atoms with van der Waals surface area (Å²) in [5, 5.41) is 5.46. The lowest BCUT2D eigenvalue weighted by Gasteiger charge is -2.16. The first kappa shape index (κ1) is 16.3. The van der Waals surface area contributed by atoms with Crippen LogP contribution in [0.1, 0.15) is 24.3 Å². The number of para-hydroxylation sites is 1. The molecule has 1 aromatic carbocycles. The molecule has 0 aliphatic rings. The van der Waals surface area contributed by atoms with Crippen LogP contribution >= 0.6 is 27.3 Å². The fourth-order valence-electron chi connectivity index (χ4n) is 1.90. The Morgan fingerprint density at radius 2 is 2.10 bits per heavy atom. The van der Waals surface area contributed by atoms with E-state index in [2.05, 4.69) is 41.2 Å². The monoisotopic (exact) mass is 369 g/mol. The largest absolute Gasteiger partial charge is 0.493 e. The van der Waals surface area contributed by atoms with Crippen molar-refractivity contribution in [1.82, 2.24) is 5.32 Å². The van der Waals surface area contributed by atoms with Gasteiger partial charge in [0.15, 0.2) is 11.5 Å². The van der Waals surface area contributed by atoms with Crippen molar-refractivity contribution in [3.05, 3.63) is 44.6 Å². The van der Waals surface area contributed by atoms with Crippen molar-refractivity contribution in [3.8, 4) is 11.5 Å². The van der Waals surface area contributed by atoms with Crippen LogP contribution in [0.2, 0.25) is 0 Å². The molecule has 0 bridgehead atoms. The molecule has 3 nitrogen and oxygen atoms in total. The average Bonchev–Trinajstić information content (AvgIpc) is 2.88. The van der Waals surface area contributed by atoms with Gasteiger partial charge in [-0.3, -0.25) is 0 Å². The van der Waals surface area contributed by atoms with E-state index in [0.29, 0.717) is 12.6 Å². The van der Waals surface area contributed by atoms with E-state index in [1.807, 2.05) is 23.6 Å². The van der Waals surface area contributed by atoms with Gasteiger partial charge in [0.25, 0.3) is 0 Å². The number of hydrogen-bond donors (Lipinski definition) is 1. The zero-order valence-electron chi connectivity index (χ0n) is 12.5. The molecule has 0 amide bonds. The summed E-state index contributed by atoms with van der Waals surface area (Å²) in [5.41, 5.74) is 1.11. The Kier molecular flexibility index (Phi) is 6.08. The summed E-state index contributed by atoms with van der Waals surface area (Å²) in [6.07, 6.45) is 0. The SMILES string of the molecule is COc1cccc(CNC(C)C)c1OCc1sccc1Br. The van der Waals surface area contributed by atoms with Crippen LogP contribution in [0.3, 0.4) is 0 Å². The fourth-order valence-corrected chi connectivity index (χ4v) is 3.28. The molecular weight excluding hydrogens is 350 g/mol. The maximum absolute atomic E-state index is 6.03. The van der Waals surface area contributed by atoms with Crippen molar-refractivity contribution in [3.63, 3.8) is 0 Å². The molecule has 2 rings (SSSR count). The minimum atomic E-state index is 0.426. The quantitative estimate of drug-likeness (QED) is 0.773. The van der Waals surface area contributed by atoms with Gasteiger partial charge in [0.05, 0.1) is 12.0 Å². The molecule has 21 heavy (non-hydrogen) atoms. The third-order valence-corrected chi connectivity index (χ3v) is 4.92. The standard InChI is InChI=1S/C16H20BrNO2S/c1-11(2)18-9-12-5-4-6-14(19-3)16(12)20-10-15-13(17)7-8-21-15/h4-8,11,18H,9-10H2,1-3H3. The minimum absolute atomic E-state index is 0.426. The number of nitrogens with one attached hydrogen (secondary N) is 1. The maximum atomic E-state index is 6.03. The molecule has 0 fully saturated rings. The molecule has 0 aliphatic heterocycles. The Balaban J connectivity index is 2.16. The van der Waals surface area contributed by atoms with Crippen molar-refractivity contribution in [1.29, 1.82) is 0 Å². The van der Waals surface area contributed by atoms with E-state index in [0.717, 1.165) is 28.1 Å². The molecule has 0 spiro atoms. The van der Waals surface area contributed by atoms with Crippen molar-refractivity contribution in [2.75, 3.05) is 7.11 Å². The second kappa shape index (κ2) is 7.82. The van der Waals surface area contributed by atoms with E-state index in [-0.39, 0.29) is 0 Å². The van der Waals surface area contributed by atoms with Gasteiger partial charge in [-0.1, -0.05) is 26.0 Å².